The van der Waals surface area contributed by atoms with Gasteiger partial charge in [0.1, 0.15) is 12.4 Å². The van der Waals surface area contributed by atoms with Crippen molar-refractivity contribution in [1.82, 2.24) is 0 Å². The predicted octanol–water partition coefficient (Wildman–Crippen LogP) is 7.10. The van der Waals surface area contributed by atoms with Gasteiger partial charge in [-0.1, -0.05) is 32.1 Å². The number of hydrogen-bond acceptors (Lipinski definition) is 3. The van der Waals surface area contributed by atoms with Crippen molar-refractivity contribution in [2.45, 2.75) is 66.4 Å². The molecule has 164 valence electrons. The van der Waals surface area contributed by atoms with Gasteiger partial charge in [-0.25, -0.2) is 8.78 Å². The van der Waals surface area contributed by atoms with Crippen molar-refractivity contribution < 1.29 is 23.0 Å². The number of rotatable bonds is 10. The van der Waals surface area contributed by atoms with Crippen molar-refractivity contribution in [1.29, 1.82) is 0 Å². The van der Waals surface area contributed by atoms with Crippen molar-refractivity contribution in [3.05, 3.63) is 58.6 Å². The van der Waals surface area contributed by atoms with Gasteiger partial charge in [0.2, 0.25) is 0 Å². The first-order valence-electron chi connectivity index (χ1n) is 10.4. The van der Waals surface area contributed by atoms with Crippen LogP contribution in [0.4, 0.5) is 8.78 Å². The lowest BCUT2D eigenvalue weighted by Crippen LogP contribution is -2.28. The van der Waals surface area contributed by atoms with Crippen LogP contribution < -0.4 is 0 Å². The highest BCUT2D eigenvalue weighted by Gasteiger charge is 2.20. The highest BCUT2D eigenvalue weighted by molar-refractivity contribution is 5.40. The molecule has 0 aromatic rings. The van der Waals surface area contributed by atoms with Gasteiger partial charge in [-0.2, -0.15) is 0 Å². The standard InChI is InChI=1S/C24H36F2O3/c1-7-10-19-12-14-21(28-15-19)16-29-20(8-2)13-11-17(4)22(9-3)24(26)23(25)18(5)27-6/h7,10-11,13,19,21H,8-9,12,14-16H2,1-6H3/b10-7+,17-11+,20-13+,23-18-,24-22-. The lowest BCUT2D eigenvalue weighted by Gasteiger charge is -2.27. The van der Waals surface area contributed by atoms with Crippen molar-refractivity contribution in [3.8, 4) is 0 Å². The first-order chi connectivity index (χ1) is 13.9. The zero-order chi connectivity index (χ0) is 21.8. The zero-order valence-corrected chi connectivity index (χ0v) is 18.7. The van der Waals surface area contributed by atoms with Crippen LogP contribution >= 0.6 is 0 Å². The molecule has 3 nitrogen and oxygen atoms in total. The molecule has 0 spiro atoms. The van der Waals surface area contributed by atoms with Crippen LogP contribution in [0.5, 0.6) is 0 Å². The molecular formula is C24H36F2O3. The molecule has 0 bridgehead atoms. The number of methoxy groups -OCH3 is 1. The summed E-state index contributed by atoms with van der Waals surface area (Å²) >= 11 is 0. The van der Waals surface area contributed by atoms with Crippen LogP contribution in [-0.4, -0.2) is 26.4 Å². The lowest BCUT2D eigenvalue weighted by atomic mass is 9.98. The van der Waals surface area contributed by atoms with E-state index in [1.165, 1.54) is 14.0 Å². The number of ether oxygens (including phenoxy) is 3. The fraction of sp³-hybridized carbons (Fsp3) is 0.583. The molecule has 0 aliphatic carbocycles. The van der Waals surface area contributed by atoms with Crippen molar-refractivity contribution in [2.75, 3.05) is 20.3 Å². The van der Waals surface area contributed by atoms with Crippen molar-refractivity contribution in [3.63, 3.8) is 0 Å². The summed E-state index contributed by atoms with van der Waals surface area (Å²) in [5.41, 5.74) is 0.970. The molecule has 1 saturated heterocycles. The molecular weight excluding hydrogens is 374 g/mol. The molecule has 29 heavy (non-hydrogen) atoms. The first kappa shape index (κ1) is 25.2. The van der Waals surface area contributed by atoms with E-state index in [2.05, 4.69) is 12.2 Å². The second-order valence-electron chi connectivity index (χ2n) is 7.19. The molecule has 5 heteroatoms. The van der Waals surface area contributed by atoms with E-state index in [0.29, 0.717) is 36.5 Å². The Morgan fingerprint density at radius 1 is 1.07 bits per heavy atom. The molecule has 0 aromatic carbocycles. The van der Waals surface area contributed by atoms with E-state index < -0.39 is 11.7 Å². The third-order valence-electron chi connectivity index (χ3n) is 5.09. The summed E-state index contributed by atoms with van der Waals surface area (Å²) in [7, 11) is 1.32. The van der Waals surface area contributed by atoms with E-state index in [0.717, 1.165) is 25.2 Å². The fourth-order valence-electron chi connectivity index (χ4n) is 3.15. The lowest BCUT2D eigenvalue weighted by molar-refractivity contribution is -0.0411. The minimum atomic E-state index is -0.960. The summed E-state index contributed by atoms with van der Waals surface area (Å²) in [5.74, 6) is -0.617. The molecule has 1 heterocycles. The maximum Gasteiger partial charge on any atom is 0.196 e. The first-order valence-corrected chi connectivity index (χ1v) is 10.4. The Hall–Kier alpha value is -1.88. The summed E-state index contributed by atoms with van der Waals surface area (Å²) in [6.45, 7) is 10.2. The Kier molecular flexibility index (Phi) is 11.6. The molecule has 0 amide bonds. The average molecular weight is 411 g/mol. The zero-order valence-electron chi connectivity index (χ0n) is 18.7. The normalized spacial score (nSPS) is 23.0. The number of halogens is 2. The second kappa shape index (κ2) is 13.4. The Morgan fingerprint density at radius 3 is 2.31 bits per heavy atom. The molecule has 2 atom stereocenters. The molecule has 1 rings (SSSR count). The molecule has 1 aliphatic rings. The van der Waals surface area contributed by atoms with E-state index in [4.69, 9.17) is 14.2 Å². The Balaban J connectivity index is 2.79. The van der Waals surface area contributed by atoms with Crippen LogP contribution in [0.1, 0.15) is 60.3 Å². The molecule has 1 aliphatic heterocycles. The van der Waals surface area contributed by atoms with Gasteiger partial charge >= 0.3 is 0 Å². The van der Waals surface area contributed by atoms with Gasteiger partial charge in [0, 0.05) is 12.3 Å². The van der Waals surface area contributed by atoms with E-state index in [-0.39, 0.29) is 11.9 Å². The third kappa shape index (κ3) is 8.17. The summed E-state index contributed by atoms with van der Waals surface area (Å²) in [4.78, 5) is 0. The second-order valence-corrected chi connectivity index (χ2v) is 7.19. The van der Waals surface area contributed by atoms with Crippen LogP contribution in [0.25, 0.3) is 0 Å². The molecule has 2 unspecified atom stereocenters. The topological polar surface area (TPSA) is 27.7 Å². The number of hydrogen-bond donors (Lipinski definition) is 0. The molecule has 0 N–H and O–H groups in total. The molecule has 1 fully saturated rings. The number of allylic oxidation sites excluding steroid dienone is 9. The van der Waals surface area contributed by atoms with Crippen LogP contribution in [-0.2, 0) is 14.2 Å². The predicted molar refractivity (Wildman–Crippen MR) is 115 cm³/mol. The van der Waals surface area contributed by atoms with Gasteiger partial charge in [0.25, 0.3) is 0 Å². The van der Waals surface area contributed by atoms with Crippen LogP contribution in [0.3, 0.4) is 0 Å². The maximum absolute atomic E-state index is 14.5. The Labute approximate surface area is 174 Å². The summed E-state index contributed by atoms with van der Waals surface area (Å²) < 4.78 is 45.2. The fourth-order valence-corrected chi connectivity index (χ4v) is 3.15. The van der Waals surface area contributed by atoms with Crippen molar-refractivity contribution in [2.24, 2.45) is 5.92 Å². The van der Waals surface area contributed by atoms with Gasteiger partial charge in [-0.3, -0.25) is 0 Å². The smallest absolute Gasteiger partial charge is 0.196 e. The van der Waals surface area contributed by atoms with E-state index in [9.17, 15) is 8.78 Å². The minimum Gasteiger partial charge on any atom is -0.498 e. The summed E-state index contributed by atoms with van der Waals surface area (Å²) in [6, 6.07) is 0. The van der Waals surface area contributed by atoms with E-state index in [1.807, 2.05) is 19.9 Å². The summed E-state index contributed by atoms with van der Waals surface area (Å²) in [5, 5.41) is 0. The average Bonchev–Trinajstić information content (AvgIpc) is 2.74. The molecule has 0 saturated carbocycles. The Morgan fingerprint density at radius 2 is 1.79 bits per heavy atom. The minimum absolute atomic E-state index is 0.0708. The highest BCUT2D eigenvalue weighted by Crippen LogP contribution is 2.28. The monoisotopic (exact) mass is 410 g/mol. The SMILES string of the molecule is C/C=C/C1CCC(CO/C(=C/C=C(C)/C(CC)=C(F)/C(F)=C(\C)OC)CC)OC1. The van der Waals surface area contributed by atoms with E-state index >= 15 is 0 Å². The van der Waals surface area contributed by atoms with E-state index in [1.54, 1.807) is 19.9 Å². The molecule has 0 radical (unpaired) electrons. The summed E-state index contributed by atoms with van der Waals surface area (Å²) in [6.07, 6.45) is 11.1. The van der Waals surface area contributed by atoms with Crippen LogP contribution in [0, 0.1) is 5.92 Å². The Bertz CT molecular complexity index is 664. The largest absolute Gasteiger partial charge is 0.498 e. The highest BCUT2D eigenvalue weighted by atomic mass is 19.2. The third-order valence-corrected chi connectivity index (χ3v) is 5.09. The van der Waals surface area contributed by atoms with Gasteiger partial charge in [-0.15, -0.1) is 0 Å². The maximum atomic E-state index is 14.5. The molecule has 0 aromatic heterocycles. The van der Waals surface area contributed by atoms with Crippen molar-refractivity contribution >= 4 is 0 Å². The van der Waals surface area contributed by atoms with Crippen LogP contribution in [0.15, 0.2) is 58.6 Å². The van der Waals surface area contributed by atoms with Gasteiger partial charge in [0.15, 0.2) is 11.7 Å². The van der Waals surface area contributed by atoms with Gasteiger partial charge < -0.3 is 14.2 Å². The van der Waals surface area contributed by atoms with Crippen LogP contribution in [0.2, 0.25) is 0 Å². The van der Waals surface area contributed by atoms with Gasteiger partial charge in [0.05, 0.1) is 25.6 Å². The van der Waals surface area contributed by atoms with Gasteiger partial charge in [-0.05, 0) is 57.3 Å². The quantitative estimate of drug-likeness (QED) is 0.218.